The number of esters is 1. The molecule has 0 spiro atoms. The molecule has 1 aliphatic heterocycles. The molecule has 2 aromatic carbocycles. The fraction of sp³-hybridized carbons (Fsp3) is 0.364. The van der Waals surface area contributed by atoms with Crippen LogP contribution in [0.15, 0.2) is 60.7 Å². The van der Waals surface area contributed by atoms with Gasteiger partial charge in [0.05, 0.1) is 12.5 Å². The molecular weight excluding hydrogens is 340 g/mol. The van der Waals surface area contributed by atoms with Crippen LogP contribution in [0.3, 0.4) is 0 Å². The fourth-order valence-corrected chi connectivity index (χ4v) is 3.55. The Hall–Kier alpha value is -2.66. The molecule has 5 heteroatoms. The molecule has 0 radical (unpaired) electrons. The molecule has 0 unspecified atom stereocenters. The van der Waals surface area contributed by atoms with Crippen molar-refractivity contribution in [2.45, 2.75) is 25.9 Å². The highest BCUT2D eigenvalue weighted by Gasteiger charge is 2.33. The van der Waals surface area contributed by atoms with Gasteiger partial charge in [0.25, 0.3) is 5.91 Å². The zero-order valence-electron chi connectivity index (χ0n) is 15.6. The summed E-state index contributed by atoms with van der Waals surface area (Å²) in [7, 11) is 0. The van der Waals surface area contributed by atoms with Gasteiger partial charge >= 0.3 is 5.97 Å². The molecule has 1 fully saturated rings. The smallest absolute Gasteiger partial charge is 0.310 e. The number of hydrogen-bond acceptors (Lipinski definition) is 4. The van der Waals surface area contributed by atoms with E-state index < -0.39 is 0 Å². The van der Waals surface area contributed by atoms with Gasteiger partial charge in [-0.3, -0.25) is 14.5 Å². The first-order valence-corrected chi connectivity index (χ1v) is 9.44. The highest BCUT2D eigenvalue weighted by Crippen LogP contribution is 2.21. The van der Waals surface area contributed by atoms with Gasteiger partial charge in [0.15, 0.2) is 0 Å². The first-order chi connectivity index (χ1) is 13.2. The number of nitrogens with one attached hydrogen (secondary N) is 1. The predicted octanol–water partition coefficient (Wildman–Crippen LogP) is 2.87. The lowest BCUT2D eigenvalue weighted by atomic mass is 9.93. The standard InChI is InChI=1S/C22H26N2O3/c1-2-27-22(26)19-13-20(23-21(25)18-11-7-4-8-12-18)16-24(15-19)14-17-9-5-3-6-10-17/h3-12,19-20H,2,13-16H2,1H3,(H,23,25)/t19-,20+/m0/s1. The van der Waals surface area contributed by atoms with Gasteiger partial charge in [0.2, 0.25) is 0 Å². The Balaban J connectivity index is 1.69. The van der Waals surface area contributed by atoms with E-state index in [4.69, 9.17) is 4.74 Å². The van der Waals surface area contributed by atoms with Gasteiger partial charge in [-0.1, -0.05) is 48.5 Å². The quantitative estimate of drug-likeness (QED) is 0.799. The van der Waals surface area contributed by atoms with Crippen LogP contribution in [-0.4, -0.2) is 42.5 Å². The molecule has 1 amide bonds. The lowest BCUT2D eigenvalue weighted by molar-refractivity contribution is -0.150. The fourth-order valence-electron chi connectivity index (χ4n) is 3.55. The Morgan fingerprint density at radius 3 is 2.37 bits per heavy atom. The van der Waals surface area contributed by atoms with Crippen molar-refractivity contribution in [2.75, 3.05) is 19.7 Å². The number of carbonyl (C=O) groups is 2. The maximum atomic E-state index is 12.5. The van der Waals surface area contributed by atoms with Crippen LogP contribution >= 0.6 is 0 Å². The topological polar surface area (TPSA) is 58.6 Å². The molecule has 3 rings (SSSR count). The van der Waals surface area contributed by atoms with E-state index in [2.05, 4.69) is 22.3 Å². The van der Waals surface area contributed by atoms with Crippen LogP contribution < -0.4 is 5.32 Å². The molecule has 142 valence electrons. The largest absolute Gasteiger partial charge is 0.466 e. The summed E-state index contributed by atoms with van der Waals surface area (Å²) in [5, 5.41) is 3.09. The molecule has 0 aromatic heterocycles. The van der Waals surface area contributed by atoms with Crippen molar-refractivity contribution in [3.05, 3.63) is 71.8 Å². The summed E-state index contributed by atoms with van der Waals surface area (Å²) in [6.45, 7) is 4.29. The maximum absolute atomic E-state index is 12.5. The molecule has 5 nitrogen and oxygen atoms in total. The Bertz CT molecular complexity index is 749. The molecule has 1 N–H and O–H groups in total. The van der Waals surface area contributed by atoms with Crippen molar-refractivity contribution in [1.82, 2.24) is 10.2 Å². The number of benzene rings is 2. The van der Waals surface area contributed by atoms with Gasteiger partial charge in [0.1, 0.15) is 0 Å². The van der Waals surface area contributed by atoms with Crippen LogP contribution in [0.4, 0.5) is 0 Å². The summed E-state index contributed by atoms with van der Waals surface area (Å²) in [6, 6.07) is 19.2. The second kappa shape index (κ2) is 9.33. The van der Waals surface area contributed by atoms with E-state index in [1.54, 1.807) is 12.1 Å². The Kier molecular flexibility index (Phi) is 6.60. The monoisotopic (exact) mass is 366 g/mol. The van der Waals surface area contributed by atoms with Crippen LogP contribution in [0.5, 0.6) is 0 Å². The van der Waals surface area contributed by atoms with Crippen molar-refractivity contribution in [1.29, 1.82) is 0 Å². The van der Waals surface area contributed by atoms with Gasteiger partial charge in [-0.2, -0.15) is 0 Å². The second-order valence-electron chi connectivity index (χ2n) is 6.90. The second-order valence-corrected chi connectivity index (χ2v) is 6.90. The van der Waals surface area contributed by atoms with Gasteiger partial charge in [-0.15, -0.1) is 0 Å². The first-order valence-electron chi connectivity index (χ1n) is 9.44. The minimum Gasteiger partial charge on any atom is -0.466 e. The molecule has 1 saturated heterocycles. The van der Waals surface area contributed by atoms with Gasteiger partial charge in [-0.25, -0.2) is 0 Å². The molecule has 0 bridgehead atoms. The van der Waals surface area contributed by atoms with E-state index in [1.807, 2.05) is 43.3 Å². The predicted molar refractivity (Wildman–Crippen MR) is 104 cm³/mol. The van der Waals surface area contributed by atoms with E-state index in [0.717, 1.165) is 6.54 Å². The summed E-state index contributed by atoms with van der Waals surface area (Å²) in [5.41, 5.74) is 1.82. The van der Waals surface area contributed by atoms with Crippen molar-refractivity contribution in [3.8, 4) is 0 Å². The van der Waals surface area contributed by atoms with Crippen molar-refractivity contribution in [3.63, 3.8) is 0 Å². The van der Waals surface area contributed by atoms with E-state index in [0.29, 0.717) is 31.7 Å². The number of likely N-dealkylation sites (tertiary alicyclic amines) is 1. The highest BCUT2D eigenvalue weighted by atomic mass is 16.5. The third-order valence-electron chi connectivity index (χ3n) is 4.77. The lowest BCUT2D eigenvalue weighted by Crippen LogP contribution is -2.52. The minimum absolute atomic E-state index is 0.0930. The molecular formula is C22H26N2O3. The van der Waals surface area contributed by atoms with E-state index in [9.17, 15) is 9.59 Å². The Morgan fingerprint density at radius 1 is 1.04 bits per heavy atom. The number of hydrogen-bond donors (Lipinski definition) is 1. The van der Waals surface area contributed by atoms with E-state index in [-0.39, 0.29) is 23.8 Å². The molecule has 1 aliphatic rings. The third kappa shape index (κ3) is 5.41. The lowest BCUT2D eigenvalue weighted by Gasteiger charge is -2.37. The van der Waals surface area contributed by atoms with Crippen LogP contribution in [0, 0.1) is 5.92 Å². The zero-order chi connectivity index (χ0) is 19.1. The van der Waals surface area contributed by atoms with Gasteiger partial charge in [-0.05, 0) is 31.0 Å². The van der Waals surface area contributed by atoms with Gasteiger partial charge < -0.3 is 10.1 Å². The number of amides is 1. The van der Waals surface area contributed by atoms with E-state index >= 15 is 0 Å². The summed E-state index contributed by atoms with van der Waals surface area (Å²) in [5.74, 6) is -0.525. The third-order valence-corrected chi connectivity index (χ3v) is 4.77. The highest BCUT2D eigenvalue weighted by molar-refractivity contribution is 5.94. The number of carbonyl (C=O) groups excluding carboxylic acids is 2. The number of ether oxygens (including phenoxy) is 1. The summed E-state index contributed by atoms with van der Waals surface area (Å²) >= 11 is 0. The summed E-state index contributed by atoms with van der Waals surface area (Å²) in [4.78, 5) is 27.1. The summed E-state index contributed by atoms with van der Waals surface area (Å²) < 4.78 is 5.24. The van der Waals surface area contributed by atoms with Crippen molar-refractivity contribution < 1.29 is 14.3 Å². The molecule has 2 atom stereocenters. The van der Waals surface area contributed by atoms with Crippen molar-refractivity contribution >= 4 is 11.9 Å². The number of rotatable bonds is 6. The SMILES string of the molecule is CCOC(=O)[C@H]1C[C@@H](NC(=O)c2ccccc2)CN(Cc2ccccc2)C1. The zero-order valence-corrected chi connectivity index (χ0v) is 15.6. The minimum atomic E-state index is -0.233. The molecule has 2 aromatic rings. The average molecular weight is 366 g/mol. The Labute approximate surface area is 160 Å². The van der Waals surface area contributed by atoms with Crippen LogP contribution in [0.2, 0.25) is 0 Å². The van der Waals surface area contributed by atoms with E-state index in [1.165, 1.54) is 5.56 Å². The van der Waals surface area contributed by atoms with Crippen molar-refractivity contribution in [2.24, 2.45) is 5.92 Å². The number of piperidine rings is 1. The Morgan fingerprint density at radius 2 is 1.70 bits per heavy atom. The molecule has 1 heterocycles. The normalized spacial score (nSPS) is 20.0. The molecule has 0 saturated carbocycles. The average Bonchev–Trinajstić information content (AvgIpc) is 2.69. The number of nitrogens with zero attached hydrogens (tertiary/aromatic N) is 1. The first kappa shape index (κ1) is 19.1. The maximum Gasteiger partial charge on any atom is 0.310 e. The van der Waals surface area contributed by atoms with Crippen LogP contribution in [0.1, 0.15) is 29.3 Å². The van der Waals surface area contributed by atoms with Gasteiger partial charge in [0, 0.05) is 31.2 Å². The summed E-state index contributed by atoms with van der Waals surface area (Å²) in [6.07, 6.45) is 0.600. The van der Waals surface area contributed by atoms with Crippen LogP contribution in [0.25, 0.3) is 0 Å². The molecule has 0 aliphatic carbocycles. The van der Waals surface area contributed by atoms with Crippen LogP contribution in [-0.2, 0) is 16.1 Å². The molecule has 27 heavy (non-hydrogen) atoms.